The fraction of sp³-hybridized carbons (Fsp3) is 0.625. The summed E-state index contributed by atoms with van der Waals surface area (Å²) in [5.41, 5.74) is -3.96. The summed E-state index contributed by atoms with van der Waals surface area (Å²) >= 11 is 0. The first-order valence-electron chi connectivity index (χ1n) is 19.5. The molecule has 3 N–H and O–H groups in total. The number of methoxy groups -OCH3 is 1. The van der Waals surface area contributed by atoms with Gasteiger partial charge >= 0.3 is 6.09 Å². The number of carbonyl (C=O) groups excluding carboxylic acids is 3. The fourth-order valence-corrected chi connectivity index (χ4v) is 9.62. The molecule has 0 bridgehead atoms. The SMILES string of the molecule is CC[C@@H]1C[C@H](C)CC/C=C\[C@@H]2C[C@@]2(C(=O)NS(=O)(=O)C2(C)CC2)NC(=O)[C@@H]2C[C@@H](Oc3ncc(OC)c4ccccc34)CN2C(=O)[C@H]1N(C(=O)O)C(C)(C)C(F)F. The first-order valence-corrected chi connectivity index (χ1v) is 21.0. The van der Waals surface area contributed by atoms with Crippen molar-refractivity contribution in [2.45, 2.75) is 126 Å². The number of aromatic nitrogens is 1. The molecule has 1 saturated heterocycles. The van der Waals surface area contributed by atoms with Gasteiger partial charge in [0.05, 0.1) is 24.6 Å². The second kappa shape index (κ2) is 15.7. The predicted octanol–water partition coefficient (Wildman–Crippen LogP) is 5.26. The van der Waals surface area contributed by atoms with Gasteiger partial charge in [0.1, 0.15) is 35.0 Å². The smallest absolute Gasteiger partial charge is 0.408 e. The number of carboxylic acid groups (broad SMARTS) is 1. The quantitative estimate of drug-likeness (QED) is 0.268. The van der Waals surface area contributed by atoms with Crippen molar-refractivity contribution >= 4 is 44.6 Å². The molecule has 14 nitrogen and oxygen atoms in total. The Balaban J connectivity index is 1.43. The number of rotatable bonds is 10. The van der Waals surface area contributed by atoms with Crippen LogP contribution in [0.3, 0.4) is 0 Å². The average Bonchev–Trinajstić information content (AvgIpc) is 4.04. The van der Waals surface area contributed by atoms with Crippen LogP contribution in [0.5, 0.6) is 11.6 Å². The highest BCUT2D eigenvalue weighted by atomic mass is 32.2. The summed E-state index contributed by atoms with van der Waals surface area (Å²) in [5.74, 6) is -3.24. The van der Waals surface area contributed by atoms with Crippen molar-refractivity contribution < 1.29 is 51.0 Å². The molecule has 1 aromatic carbocycles. The van der Waals surface area contributed by atoms with E-state index in [2.05, 4.69) is 15.0 Å². The largest absolute Gasteiger partial charge is 0.494 e. The Bertz CT molecular complexity index is 2040. The summed E-state index contributed by atoms with van der Waals surface area (Å²) in [6, 6.07) is 4.19. The van der Waals surface area contributed by atoms with Gasteiger partial charge in [-0.05, 0) is 77.2 Å². The molecule has 3 heterocycles. The molecule has 0 unspecified atom stereocenters. The molecule has 3 fully saturated rings. The highest BCUT2D eigenvalue weighted by Crippen LogP contribution is 2.48. The molecule has 0 radical (unpaired) electrons. The fourth-order valence-electron chi connectivity index (χ4n) is 8.31. The van der Waals surface area contributed by atoms with Crippen LogP contribution in [0.1, 0.15) is 86.0 Å². The Hall–Kier alpha value is -4.54. The van der Waals surface area contributed by atoms with E-state index in [0.29, 0.717) is 53.5 Å². The standard InChI is InChI=1S/C40H53F2N5O9S/c1-7-24-18-23(2)12-8-9-13-25-20-40(25,36(50)45-57(53,54)39(5)16-17-39)44-32(48)29-19-26(56-33-28-15-11-10-14-27(28)30(55-6)21-43-33)22-46(29)34(49)31(24)47(37(51)52)38(3,4)35(41)42/h9-11,13-15,21,23-26,29,31,35H,7-8,12,16-20,22H2,1-6H3,(H,44,48)(H,45,50)(H,51,52)/b13-9-/t23-,24-,25-,26-,29+,31+,40-/m1/s1. The third kappa shape index (κ3) is 8.00. The lowest BCUT2D eigenvalue weighted by Gasteiger charge is -2.45. The van der Waals surface area contributed by atoms with Gasteiger partial charge < -0.3 is 24.8 Å². The molecule has 4 amide bonds. The first-order chi connectivity index (χ1) is 26.8. The number of nitrogens with zero attached hydrogens (tertiary/aromatic N) is 3. The van der Waals surface area contributed by atoms with Crippen LogP contribution in [0.2, 0.25) is 0 Å². The molecule has 17 heteroatoms. The Morgan fingerprint density at radius 3 is 2.47 bits per heavy atom. The molecule has 312 valence electrons. The van der Waals surface area contributed by atoms with Crippen molar-refractivity contribution in [1.82, 2.24) is 24.8 Å². The van der Waals surface area contributed by atoms with Gasteiger partial charge in [0.25, 0.3) is 12.3 Å². The van der Waals surface area contributed by atoms with E-state index in [-0.39, 0.29) is 37.6 Å². The maximum Gasteiger partial charge on any atom is 0.408 e. The third-order valence-electron chi connectivity index (χ3n) is 12.4. The van der Waals surface area contributed by atoms with Crippen LogP contribution in [0, 0.1) is 17.8 Å². The van der Waals surface area contributed by atoms with Crippen LogP contribution < -0.4 is 19.5 Å². The lowest BCUT2D eigenvalue weighted by molar-refractivity contribution is -0.149. The van der Waals surface area contributed by atoms with E-state index in [4.69, 9.17) is 9.47 Å². The number of amides is 4. The van der Waals surface area contributed by atoms with Crippen LogP contribution in [0.15, 0.2) is 42.6 Å². The zero-order chi connectivity index (χ0) is 41.7. The maximum atomic E-state index is 15.1. The number of ether oxygens (including phenoxy) is 2. The summed E-state index contributed by atoms with van der Waals surface area (Å²) in [7, 11) is -2.58. The molecule has 7 atom stereocenters. The Kier molecular flexibility index (Phi) is 11.6. The van der Waals surface area contributed by atoms with Gasteiger partial charge in [-0.2, -0.15) is 0 Å². The van der Waals surface area contributed by atoms with Crippen LogP contribution >= 0.6 is 0 Å². The molecular formula is C40H53F2N5O9S. The number of sulfonamides is 1. The molecule has 2 aliphatic heterocycles. The topological polar surface area (TPSA) is 185 Å². The number of benzene rings is 1. The minimum atomic E-state index is -4.08. The molecule has 2 aromatic rings. The number of carbonyl (C=O) groups is 4. The van der Waals surface area contributed by atoms with E-state index in [1.807, 2.05) is 25.1 Å². The molecule has 1 aromatic heterocycles. The van der Waals surface area contributed by atoms with E-state index in [1.165, 1.54) is 18.2 Å². The van der Waals surface area contributed by atoms with Crippen LogP contribution in [-0.4, -0.2) is 106 Å². The summed E-state index contributed by atoms with van der Waals surface area (Å²) in [6.45, 7) is 7.15. The monoisotopic (exact) mass is 817 g/mol. The summed E-state index contributed by atoms with van der Waals surface area (Å²) in [6.07, 6.45) is 1.78. The number of fused-ring (bicyclic) bond motifs is 3. The van der Waals surface area contributed by atoms with Gasteiger partial charge in [0, 0.05) is 23.1 Å². The Labute approximate surface area is 331 Å². The Morgan fingerprint density at radius 2 is 1.86 bits per heavy atom. The van der Waals surface area contributed by atoms with Crippen molar-refractivity contribution in [1.29, 1.82) is 0 Å². The molecule has 57 heavy (non-hydrogen) atoms. The number of hydrogen-bond donors (Lipinski definition) is 3. The Morgan fingerprint density at radius 1 is 1.18 bits per heavy atom. The normalized spacial score (nSPS) is 29.6. The number of alkyl halides is 2. The van der Waals surface area contributed by atoms with E-state index in [1.54, 1.807) is 32.1 Å². The summed E-state index contributed by atoms with van der Waals surface area (Å²) in [5, 5.41) is 14.7. The minimum Gasteiger partial charge on any atom is -0.494 e. The zero-order valence-electron chi connectivity index (χ0n) is 33.2. The van der Waals surface area contributed by atoms with Gasteiger partial charge in [-0.3, -0.25) is 24.0 Å². The molecule has 2 aliphatic carbocycles. The minimum absolute atomic E-state index is 0.0818. The van der Waals surface area contributed by atoms with Crippen molar-refractivity contribution in [3.05, 3.63) is 42.6 Å². The third-order valence-corrected chi connectivity index (χ3v) is 14.6. The lowest BCUT2D eigenvalue weighted by atomic mass is 9.82. The van der Waals surface area contributed by atoms with E-state index in [9.17, 15) is 36.7 Å². The summed E-state index contributed by atoms with van der Waals surface area (Å²) < 4.78 is 68.9. The molecule has 0 spiro atoms. The number of halogens is 2. The van der Waals surface area contributed by atoms with Crippen molar-refractivity contribution in [2.75, 3.05) is 13.7 Å². The number of nitrogens with one attached hydrogen (secondary N) is 2. The second-order valence-electron chi connectivity index (χ2n) is 16.9. The van der Waals surface area contributed by atoms with Crippen molar-refractivity contribution in [3.8, 4) is 11.6 Å². The van der Waals surface area contributed by atoms with Crippen LogP contribution in [0.4, 0.5) is 13.6 Å². The van der Waals surface area contributed by atoms with Gasteiger partial charge in [-0.1, -0.05) is 50.6 Å². The molecule has 2 saturated carbocycles. The first kappa shape index (κ1) is 42.1. The van der Waals surface area contributed by atoms with Crippen molar-refractivity contribution in [2.24, 2.45) is 17.8 Å². The summed E-state index contributed by atoms with van der Waals surface area (Å²) in [4.78, 5) is 62.9. The van der Waals surface area contributed by atoms with E-state index < -0.39 is 86.1 Å². The van der Waals surface area contributed by atoms with Crippen LogP contribution in [-0.2, 0) is 24.4 Å². The van der Waals surface area contributed by atoms with E-state index >= 15 is 4.79 Å². The number of pyridine rings is 1. The molecule has 6 rings (SSSR count). The average molecular weight is 818 g/mol. The number of hydrogen-bond acceptors (Lipinski definition) is 9. The highest BCUT2D eigenvalue weighted by Gasteiger charge is 2.63. The van der Waals surface area contributed by atoms with Gasteiger partial charge in [0.2, 0.25) is 27.7 Å². The molecule has 4 aliphatic rings. The maximum absolute atomic E-state index is 15.1. The zero-order valence-corrected chi connectivity index (χ0v) is 34.0. The highest BCUT2D eigenvalue weighted by molar-refractivity contribution is 7.91. The van der Waals surface area contributed by atoms with Crippen LogP contribution in [0.25, 0.3) is 10.8 Å². The van der Waals surface area contributed by atoms with Gasteiger partial charge in [-0.25, -0.2) is 27.0 Å². The predicted molar refractivity (Wildman–Crippen MR) is 206 cm³/mol. The number of allylic oxidation sites excluding steroid dienone is 1. The van der Waals surface area contributed by atoms with Gasteiger partial charge in [0.15, 0.2) is 0 Å². The van der Waals surface area contributed by atoms with Crippen molar-refractivity contribution in [3.63, 3.8) is 0 Å². The molecular weight excluding hydrogens is 765 g/mol. The van der Waals surface area contributed by atoms with Gasteiger partial charge in [-0.15, -0.1) is 0 Å². The van der Waals surface area contributed by atoms with E-state index in [0.717, 1.165) is 13.8 Å². The lowest BCUT2D eigenvalue weighted by Crippen LogP contribution is -2.65. The second-order valence-corrected chi connectivity index (χ2v) is 19.1.